The predicted molar refractivity (Wildman–Crippen MR) is 181 cm³/mol. The number of halogens is 1. The lowest BCUT2D eigenvalue weighted by Crippen LogP contribution is -2.43. The van der Waals surface area contributed by atoms with Crippen molar-refractivity contribution in [2.75, 3.05) is 36.4 Å². The number of benzene rings is 4. The number of ketones is 1. The van der Waals surface area contributed by atoms with Gasteiger partial charge in [-0.25, -0.2) is 14.0 Å². The first-order valence-electron chi connectivity index (χ1n) is 15.3. The molecule has 248 valence electrons. The smallest absolute Gasteiger partial charge is 0.328 e. The van der Waals surface area contributed by atoms with Gasteiger partial charge in [-0.15, -0.1) is 0 Å². The lowest BCUT2D eigenvalue weighted by molar-refractivity contribution is -0.134. The average Bonchev–Trinajstić information content (AvgIpc) is 3.08. The summed E-state index contributed by atoms with van der Waals surface area (Å²) >= 11 is 0. The van der Waals surface area contributed by atoms with Crippen LogP contribution in [0.1, 0.15) is 40.5 Å². The molecule has 4 aromatic rings. The van der Waals surface area contributed by atoms with Gasteiger partial charge in [-0.3, -0.25) is 14.4 Å². The maximum Gasteiger partial charge on any atom is 0.328 e. The summed E-state index contributed by atoms with van der Waals surface area (Å²) in [5, 5.41) is 20.4. The van der Waals surface area contributed by atoms with Crippen LogP contribution in [-0.2, 0) is 14.4 Å². The van der Waals surface area contributed by atoms with Gasteiger partial charge in [-0.05, 0) is 85.9 Å². The van der Waals surface area contributed by atoms with Gasteiger partial charge in [0.25, 0.3) is 5.91 Å². The Bertz CT molecular complexity index is 1780. The van der Waals surface area contributed by atoms with E-state index in [4.69, 9.17) is 10.2 Å². The number of carboxylic acid groups (broad SMARTS) is 2. The van der Waals surface area contributed by atoms with Crippen molar-refractivity contribution < 1.29 is 38.6 Å². The topological polar surface area (TPSA) is 144 Å². The second-order valence-corrected chi connectivity index (χ2v) is 11.2. The molecule has 1 aliphatic rings. The fourth-order valence-electron chi connectivity index (χ4n) is 5.48. The molecule has 0 spiro atoms. The number of piperidine rings is 1. The van der Waals surface area contributed by atoms with E-state index >= 15 is 0 Å². The van der Waals surface area contributed by atoms with Crippen LogP contribution in [0.2, 0.25) is 0 Å². The summed E-state index contributed by atoms with van der Waals surface area (Å²) < 4.78 is 13.3. The summed E-state index contributed by atoms with van der Waals surface area (Å²) in [7, 11) is 0. The summed E-state index contributed by atoms with van der Waals surface area (Å²) in [6.45, 7) is 4.09. The third-order valence-corrected chi connectivity index (χ3v) is 7.85. The Hall–Kier alpha value is -5.68. The average molecular weight is 654 g/mol. The maximum atomic E-state index is 13.9. The molecule has 10 nitrogen and oxygen atoms in total. The van der Waals surface area contributed by atoms with Crippen molar-refractivity contribution in [2.24, 2.45) is 5.92 Å². The van der Waals surface area contributed by atoms with E-state index in [9.17, 15) is 28.4 Å². The zero-order chi connectivity index (χ0) is 34.6. The molecule has 0 aliphatic carbocycles. The van der Waals surface area contributed by atoms with Crippen molar-refractivity contribution in [1.82, 2.24) is 4.90 Å². The standard InChI is InChI=1S/C33H32FN3O3.C4H4O4/c1-23(38)35-29-15-11-27(12-16-29)33(40)37(31-8-4-6-24-5-2-3-7-30(24)31)22-21-36-19-17-26(18-20-36)32(39)25-9-13-28(34)14-10-25;5-3(6)1-2-4(7)8/h2-16,26H,17-22H2,1H3,(H,35,38);1-2H,(H,5,6)(H,7,8)/b;2-1+. The number of hydrogen-bond acceptors (Lipinski definition) is 6. The Kier molecular flexibility index (Phi) is 12.3. The van der Waals surface area contributed by atoms with Gasteiger partial charge < -0.3 is 25.3 Å². The Labute approximate surface area is 277 Å². The van der Waals surface area contributed by atoms with Gasteiger partial charge in [-0.2, -0.15) is 0 Å². The van der Waals surface area contributed by atoms with Crippen LogP contribution in [0.15, 0.2) is 103 Å². The summed E-state index contributed by atoms with van der Waals surface area (Å²) in [6.07, 6.45) is 2.57. The number of Topliss-reactive ketones (excluding diaryl/α,β-unsaturated/α-hetero) is 1. The molecule has 0 bridgehead atoms. The molecule has 0 unspecified atom stereocenters. The van der Waals surface area contributed by atoms with E-state index in [0.717, 1.165) is 42.4 Å². The molecule has 4 aromatic carbocycles. The van der Waals surface area contributed by atoms with Crippen LogP contribution in [0.3, 0.4) is 0 Å². The Balaban J connectivity index is 0.000000579. The molecule has 1 heterocycles. The number of carbonyl (C=O) groups excluding carboxylic acids is 3. The van der Waals surface area contributed by atoms with Gasteiger partial charge in [0.1, 0.15) is 5.82 Å². The predicted octanol–water partition coefficient (Wildman–Crippen LogP) is 5.89. The molecule has 5 rings (SSSR count). The molecule has 2 amide bonds. The van der Waals surface area contributed by atoms with Gasteiger partial charge in [-0.1, -0.05) is 36.4 Å². The number of carboxylic acids is 2. The van der Waals surface area contributed by atoms with E-state index in [0.29, 0.717) is 42.1 Å². The Morgan fingerprint density at radius 3 is 2.00 bits per heavy atom. The maximum absolute atomic E-state index is 13.9. The highest BCUT2D eigenvalue weighted by Gasteiger charge is 2.27. The van der Waals surface area contributed by atoms with Gasteiger partial charge in [0, 0.05) is 60.3 Å². The van der Waals surface area contributed by atoms with Crippen LogP contribution < -0.4 is 10.2 Å². The van der Waals surface area contributed by atoms with Crippen LogP contribution in [0, 0.1) is 11.7 Å². The summed E-state index contributed by atoms with van der Waals surface area (Å²) in [6, 6.07) is 26.7. The number of aliphatic carboxylic acids is 2. The molecule has 11 heteroatoms. The van der Waals surface area contributed by atoms with E-state index in [1.165, 1.54) is 19.1 Å². The minimum Gasteiger partial charge on any atom is -0.478 e. The second kappa shape index (κ2) is 16.8. The van der Waals surface area contributed by atoms with Gasteiger partial charge in [0.15, 0.2) is 5.78 Å². The van der Waals surface area contributed by atoms with E-state index in [1.807, 2.05) is 47.4 Å². The quantitative estimate of drug-likeness (QED) is 0.142. The van der Waals surface area contributed by atoms with E-state index < -0.39 is 11.9 Å². The number of rotatable bonds is 10. The van der Waals surface area contributed by atoms with Crippen LogP contribution in [0.25, 0.3) is 10.8 Å². The number of amides is 2. The number of likely N-dealkylation sites (tertiary alicyclic amines) is 1. The van der Waals surface area contributed by atoms with Crippen molar-refractivity contribution in [3.63, 3.8) is 0 Å². The van der Waals surface area contributed by atoms with Crippen molar-refractivity contribution in [3.8, 4) is 0 Å². The van der Waals surface area contributed by atoms with Crippen molar-refractivity contribution >= 4 is 51.7 Å². The molecular formula is C37H36FN3O7. The number of fused-ring (bicyclic) bond motifs is 1. The monoisotopic (exact) mass is 653 g/mol. The summed E-state index contributed by atoms with van der Waals surface area (Å²) in [5.41, 5.74) is 2.57. The Morgan fingerprint density at radius 2 is 1.40 bits per heavy atom. The number of carbonyl (C=O) groups is 5. The van der Waals surface area contributed by atoms with Crippen molar-refractivity contribution in [2.45, 2.75) is 19.8 Å². The lowest BCUT2D eigenvalue weighted by atomic mass is 9.89. The van der Waals surface area contributed by atoms with Crippen LogP contribution in [0.5, 0.6) is 0 Å². The highest BCUT2D eigenvalue weighted by molar-refractivity contribution is 6.11. The molecule has 0 aromatic heterocycles. The molecule has 1 saturated heterocycles. The van der Waals surface area contributed by atoms with Crippen molar-refractivity contribution in [1.29, 1.82) is 0 Å². The molecule has 3 N–H and O–H groups in total. The molecule has 0 saturated carbocycles. The van der Waals surface area contributed by atoms with Crippen LogP contribution in [-0.4, -0.2) is 70.8 Å². The van der Waals surface area contributed by atoms with Gasteiger partial charge >= 0.3 is 11.9 Å². The molecule has 48 heavy (non-hydrogen) atoms. The molecule has 1 fully saturated rings. The van der Waals surface area contributed by atoms with Gasteiger partial charge in [0.05, 0.1) is 5.69 Å². The third kappa shape index (κ3) is 9.91. The number of nitrogens with zero attached hydrogens (tertiary/aromatic N) is 2. The minimum absolute atomic E-state index is 0.0647. The first-order valence-corrected chi connectivity index (χ1v) is 15.3. The van der Waals surface area contributed by atoms with Crippen LogP contribution in [0.4, 0.5) is 15.8 Å². The zero-order valence-corrected chi connectivity index (χ0v) is 26.3. The highest BCUT2D eigenvalue weighted by Crippen LogP contribution is 2.29. The van der Waals surface area contributed by atoms with Gasteiger partial charge in [0.2, 0.25) is 5.91 Å². The largest absolute Gasteiger partial charge is 0.478 e. The number of nitrogens with one attached hydrogen (secondary N) is 1. The summed E-state index contributed by atoms with van der Waals surface area (Å²) in [5.74, 6) is -3.17. The van der Waals surface area contributed by atoms with E-state index in [1.54, 1.807) is 36.4 Å². The zero-order valence-electron chi connectivity index (χ0n) is 26.3. The normalized spacial score (nSPS) is 13.4. The minimum atomic E-state index is -1.26. The molecular weight excluding hydrogens is 617 g/mol. The third-order valence-electron chi connectivity index (χ3n) is 7.85. The highest BCUT2D eigenvalue weighted by atomic mass is 19.1. The van der Waals surface area contributed by atoms with Crippen LogP contribution >= 0.6 is 0 Å². The van der Waals surface area contributed by atoms with E-state index in [2.05, 4.69) is 10.2 Å². The first-order chi connectivity index (χ1) is 23.0. The molecule has 0 atom stereocenters. The Morgan fingerprint density at radius 1 is 0.812 bits per heavy atom. The second-order valence-electron chi connectivity index (χ2n) is 11.2. The fourth-order valence-corrected chi connectivity index (χ4v) is 5.48. The lowest BCUT2D eigenvalue weighted by Gasteiger charge is -2.33. The summed E-state index contributed by atoms with van der Waals surface area (Å²) in [4.78, 5) is 61.4. The molecule has 1 aliphatic heterocycles. The fraction of sp³-hybridized carbons (Fsp3) is 0.216. The number of hydrogen-bond donors (Lipinski definition) is 3. The molecule has 0 radical (unpaired) electrons. The van der Waals surface area contributed by atoms with Crippen molar-refractivity contribution in [3.05, 3.63) is 120 Å². The SMILES string of the molecule is CC(=O)Nc1ccc(C(=O)N(CCN2CCC(C(=O)c3ccc(F)cc3)CC2)c2cccc3ccccc23)cc1.O=C(O)/C=C/C(=O)O. The number of anilines is 2. The first kappa shape index (κ1) is 35.2. The van der Waals surface area contributed by atoms with E-state index in [-0.39, 0.29) is 29.3 Å².